The molecule has 0 spiro atoms. The maximum atomic E-state index is 3.69. The lowest BCUT2D eigenvalue weighted by molar-refractivity contribution is 0.246. The van der Waals surface area contributed by atoms with Crippen molar-refractivity contribution in [3.8, 4) is 0 Å². The van der Waals surface area contributed by atoms with E-state index in [1.165, 1.54) is 9.35 Å². The Morgan fingerprint density at radius 2 is 2.44 bits per heavy atom. The Morgan fingerprint density at radius 1 is 1.69 bits per heavy atom. The minimum atomic E-state index is 0.529. The van der Waals surface area contributed by atoms with E-state index in [0.717, 1.165) is 19.6 Å². The van der Waals surface area contributed by atoms with Crippen molar-refractivity contribution in [3.05, 3.63) is 33.5 Å². The molecule has 1 unspecified atom stereocenters. The van der Waals surface area contributed by atoms with Crippen molar-refractivity contribution in [1.82, 2.24) is 10.2 Å². The fourth-order valence-corrected chi connectivity index (χ4v) is 2.90. The molecule has 0 amide bonds. The van der Waals surface area contributed by atoms with Gasteiger partial charge < -0.3 is 5.32 Å². The van der Waals surface area contributed by atoms with Gasteiger partial charge in [-0.25, -0.2) is 0 Å². The van der Waals surface area contributed by atoms with Crippen LogP contribution in [0, 0.1) is 0 Å². The number of rotatable bonds is 7. The van der Waals surface area contributed by atoms with Gasteiger partial charge in [0.2, 0.25) is 0 Å². The second kappa shape index (κ2) is 7.22. The van der Waals surface area contributed by atoms with Gasteiger partial charge in [0.1, 0.15) is 0 Å². The van der Waals surface area contributed by atoms with E-state index in [4.69, 9.17) is 0 Å². The van der Waals surface area contributed by atoms with Crippen LogP contribution in [0.3, 0.4) is 0 Å². The molecular weight excluding hydrogens is 284 g/mol. The molecule has 0 aliphatic heterocycles. The molecule has 0 aliphatic carbocycles. The standard InChI is InChI=1S/C12H19BrN2S/c1-4-5-14-7-10(2)15(3)8-12-6-11(13)9-16-12/h4,6,9-10,14H,1,5,7-8H2,2-3H3. The molecule has 1 heterocycles. The van der Waals surface area contributed by atoms with Gasteiger partial charge in [-0.1, -0.05) is 6.08 Å². The Bertz CT molecular complexity index is 325. The van der Waals surface area contributed by atoms with Gasteiger partial charge in [0, 0.05) is 40.4 Å². The average Bonchev–Trinajstić information content (AvgIpc) is 2.64. The molecule has 16 heavy (non-hydrogen) atoms. The summed E-state index contributed by atoms with van der Waals surface area (Å²) in [5.41, 5.74) is 0. The van der Waals surface area contributed by atoms with Gasteiger partial charge in [-0.15, -0.1) is 17.9 Å². The van der Waals surface area contributed by atoms with Crippen molar-refractivity contribution in [2.75, 3.05) is 20.1 Å². The van der Waals surface area contributed by atoms with Crippen LogP contribution in [0.2, 0.25) is 0 Å². The second-order valence-electron chi connectivity index (χ2n) is 3.94. The van der Waals surface area contributed by atoms with Crippen molar-refractivity contribution in [2.24, 2.45) is 0 Å². The van der Waals surface area contributed by atoms with Gasteiger partial charge in [-0.2, -0.15) is 0 Å². The summed E-state index contributed by atoms with van der Waals surface area (Å²) >= 11 is 5.28. The summed E-state index contributed by atoms with van der Waals surface area (Å²) in [7, 11) is 2.16. The monoisotopic (exact) mass is 302 g/mol. The maximum absolute atomic E-state index is 3.69. The van der Waals surface area contributed by atoms with Crippen molar-refractivity contribution in [3.63, 3.8) is 0 Å². The third-order valence-electron chi connectivity index (χ3n) is 2.51. The minimum absolute atomic E-state index is 0.529. The molecule has 1 aromatic rings. The summed E-state index contributed by atoms with van der Waals surface area (Å²) in [4.78, 5) is 3.75. The Balaban J connectivity index is 2.33. The van der Waals surface area contributed by atoms with Gasteiger partial charge in [-0.05, 0) is 36.0 Å². The van der Waals surface area contributed by atoms with E-state index in [1.54, 1.807) is 11.3 Å². The highest BCUT2D eigenvalue weighted by atomic mass is 79.9. The van der Waals surface area contributed by atoms with Crippen LogP contribution in [0.5, 0.6) is 0 Å². The predicted octanol–water partition coefficient (Wildman–Crippen LogP) is 3.11. The molecule has 0 aliphatic rings. The smallest absolute Gasteiger partial charge is 0.0328 e. The normalized spacial score (nSPS) is 13.0. The number of hydrogen-bond donors (Lipinski definition) is 1. The van der Waals surface area contributed by atoms with Gasteiger partial charge in [0.25, 0.3) is 0 Å². The van der Waals surface area contributed by atoms with Crippen LogP contribution in [0.15, 0.2) is 28.6 Å². The maximum Gasteiger partial charge on any atom is 0.0328 e. The van der Waals surface area contributed by atoms with E-state index in [1.807, 2.05) is 6.08 Å². The van der Waals surface area contributed by atoms with Gasteiger partial charge in [0.05, 0.1) is 0 Å². The highest BCUT2D eigenvalue weighted by molar-refractivity contribution is 9.10. The molecule has 1 N–H and O–H groups in total. The zero-order valence-corrected chi connectivity index (χ0v) is 12.3. The summed E-state index contributed by atoms with van der Waals surface area (Å²) in [5.74, 6) is 0. The highest BCUT2D eigenvalue weighted by Crippen LogP contribution is 2.21. The molecule has 4 heteroatoms. The molecule has 1 rings (SSSR count). The molecule has 0 saturated carbocycles. The topological polar surface area (TPSA) is 15.3 Å². The molecule has 0 saturated heterocycles. The number of nitrogens with one attached hydrogen (secondary N) is 1. The van der Waals surface area contributed by atoms with Crippen LogP contribution < -0.4 is 5.32 Å². The van der Waals surface area contributed by atoms with Crippen molar-refractivity contribution < 1.29 is 0 Å². The molecule has 2 nitrogen and oxygen atoms in total. The Morgan fingerprint density at radius 3 is 3.00 bits per heavy atom. The third-order valence-corrected chi connectivity index (χ3v) is 4.19. The lowest BCUT2D eigenvalue weighted by Gasteiger charge is -2.24. The van der Waals surface area contributed by atoms with Gasteiger partial charge in [0.15, 0.2) is 0 Å². The molecule has 0 fully saturated rings. The summed E-state index contributed by atoms with van der Waals surface area (Å²) in [6.07, 6.45) is 1.89. The van der Waals surface area contributed by atoms with Gasteiger partial charge >= 0.3 is 0 Å². The summed E-state index contributed by atoms with van der Waals surface area (Å²) in [6, 6.07) is 2.71. The zero-order valence-electron chi connectivity index (χ0n) is 9.87. The Kier molecular flexibility index (Phi) is 6.28. The number of likely N-dealkylation sites (N-methyl/N-ethyl adjacent to an activating group) is 1. The summed E-state index contributed by atoms with van der Waals surface area (Å²) in [6.45, 7) is 8.81. The fourth-order valence-electron chi connectivity index (χ4n) is 1.39. The van der Waals surface area contributed by atoms with E-state index in [0.29, 0.717) is 6.04 Å². The molecular formula is C12H19BrN2S. The first-order valence-corrected chi connectivity index (χ1v) is 7.05. The minimum Gasteiger partial charge on any atom is -0.312 e. The first kappa shape index (κ1) is 13.9. The van der Waals surface area contributed by atoms with E-state index < -0.39 is 0 Å². The number of nitrogens with zero attached hydrogens (tertiary/aromatic N) is 1. The number of hydrogen-bond acceptors (Lipinski definition) is 3. The van der Waals surface area contributed by atoms with Crippen molar-refractivity contribution in [1.29, 1.82) is 0 Å². The molecule has 1 aromatic heterocycles. The summed E-state index contributed by atoms with van der Waals surface area (Å²) in [5, 5.41) is 5.47. The largest absolute Gasteiger partial charge is 0.312 e. The molecule has 0 aromatic carbocycles. The first-order chi connectivity index (χ1) is 7.63. The molecule has 0 radical (unpaired) electrons. The predicted molar refractivity (Wildman–Crippen MR) is 76.0 cm³/mol. The third kappa shape index (κ3) is 4.78. The Labute approximate surface area is 110 Å². The van der Waals surface area contributed by atoms with Crippen LogP contribution in [-0.2, 0) is 6.54 Å². The quantitative estimate of drug-likeness (QED) is 0.615. The second-order valence-corrected chi connectivity index (χ2v) is 5.85. The lowest BCUT2D eigenvalue weighted by atomic mass is 10.3. The van der Waals surface area contributed by atoms with Crippen LogP contribution >= 0.6 is 27.3 Å². The van der Waals surface area contributed by atoms with E-state index >= 15 is 0 Å². The van der Waals surface area contributed by atoms with Gasteiger partial charge in [-0.3, -0.25) is 4.90 Å². The molecule has 0 bridgehead atoms. The average molecular weight is 303 g/mol. The fraction of sp³-hybridized carbons (Fsp3) is 0.500. The van der Waals surface area contributed by atoms with Crippen molar-refractivity contribution in [2.45, 2.75) is 19.5 Å². The lowest BCUT2D eigenvalue weighted by Crippen LogP contribution is -2.37. The van der Waals surface area contributed by atoms with E-state index in [-0.39, 0.29) is 0 Å². The number of thiophene rings is 1. The van der Waals surface area contributed by atoms with E-state index in [2.05, 4.69) is 58.1 Å². The van der Waals surface area contributed by atoms with Crippen molar-refractivity contribution >= 4 is 27.3 Å². The van der Waals surface area contributed by atoms with Crippen LogP contribution in [-0.4, -0.2) is 31.1 Å². The van der Waals surface area contributed by atoms with Crippen LogP contribution in [0.1, 0.15) is 11.8 Å². The molecule has 1 atom stereocenters. The summed E-state index contributed by atoms with van der Waals surface area (Å²) < 4.78 is 1.18. The SMILES string of the molecule is C=CCNCC(C)N(C)Cc1cc(Br)cs1. The first-order valence-electron chi connectivity index (χ1n) is 5.38. The Hall–Kier alpha value is -0.160. The molecule has 90 valence electrons. The zero-order chi connectivity index (χ0) is 12.0. The van der Waals surface area contributed by atoms with Crippen LogP contribution in [0.25, 0.3) is 0 Å². The number of halogens is 1. The van der Waals surface area contributed by atoms with Crippen LogP contribution in [0.4, 0.5) is 0 Å². The highest BCUT2D eigenvalue weighted by Gasteiger charge is 2.09. The van der Waals surface area contributed by atoms with E-state index in [9.17, 15) is 0 Å².